The van der Waals surface area contributed by atoms with Gasteiger partial charge in [-0.1, -0.05) is 20.8 Å². The Morgan fingerprint density at radius 1 is 1.29 bits per heavy atom. The van der Waals surface area contributed by atoms with Crippen LogP contribution in [-0.2, 0) is 16.6 Å². The van der Waals surface area contributed by atoms with Crippen molar-refractivity contribution in [2.75, 3.05) is 6.54 Å². The minimum absolute atomic E-state index is 0.0425. The van der Waals surface area contributed by atoms with E-state index in [9.17, 15) is 8.42 Å². The van der Waals surface area contributed by atoms with E-state index in [0.717, 1.165) is 36.4 Å². The Kier molecular flexibility index (Phi) is 7.33. The lowest BCUT2D eigenvalue weighted by Crippen LogP contribution is -2.33. The molecule has 6 heteroatoms. The Bertz CT molecular complexity index is 536. The van der Waals surface area contributed by atoms with Gasteiger partial charge in [-0.25, -0.2) is 13.1 Å². The van der Waals surface area contributed by atoms with E-state index in [1.54, 1.807) is 6.07 Å². The molecule has 0 aliphatic heterocycles. The zero-order valence-corrected chi connectivity index (χ0v) is 15.3. The van der Waals surface area contributed by atoms with Gasteiger partial charge in [0.1, 0.15) is 4.21 Å². The number of thiophene rings is 1. The maximum atomic E-state index is 12.4. The molecule has 0 aromatic carbocycles. The molecule has 2 N–H and O–H groups in total. The first kappa shape index (κ1) is 18.6. The van der Waals surface area contributed by atoms with Crippen molar-refractivity contribution >= 4 is 21.4 Å². The topological polar surface area (TPSA) is 58.2 Å². The van der Waals surface area contributed by atoms with Gasteiger partial charge < -0.3 is 5.32 Å². The number of hydrogen-bond acceptors (Lipinski definition) is 4. The highest BCUT2D eigenvalue weighted by molar-refractivity contribution is 7.91. The molecular formula is C15H28N2O2S2. The summed E-state index contributed by atoms with van der Waals surface area (Å²) in [6.07, 6.45) is 1.92. The predicted molar refractivity (Wildman–Crippen MR) is 90.3 cm³/mol. The number of sulfonamides is 1. The smallest absolute Gasteiger partial charge is 0.250 e. The summed E-state index contributed by atoms with van der Waals surface area (Å²) >= 11 is 1.36. The summed E-state index contributed by atoms with van der Waals surface area (Å²) in [5, 5.41) is 3.32. The van der Waals surface area contributed by atoms with Gasteiger partial charge in [-0.2, -0.15) is 0 Å². The van der Waals surface area contributed by atoms with E-state index < -0.39 is 10.0 Å². The maximum Gasteiger partial charge on any atom is 0.250 e. The fourth-order valence-corrected chi connectivity index (χ4v) is 5.09. The molecule has 1 heterocycles. The molecule has 1 rings (SSSR count). The molecule has 0 fully saturated rings. The van der Waals surface area contributed by atoms with Crippen LogP contribution in [0.4, 0.5) is 0 Å². The monoisotopic (exact) mass is 332 g/mol. The van der Waals surface area contributed by atoms with Gasteiger partial charge in [0.05, 0.1) is 0 Å². The van der Waals surface area contributed by atoms with Crippen LogP contribution in [0.5, 0.6) is 0 Å². The van der Waals surface area contributed by atoms with Crippen LogP contribution in [-0.4, -0.2) is 21.0 Å². The van der Waals surface area contributed by atoms with Gasteiger partial charge in [-0.05, 0) is 50.8 Å². The van der Waals surface area contributed by atoms with Gasteiger partial charge in [-0.15, -0.1) is 11.3 Å². The van der Waals surface area contributed by atoms with Crippen LogP contribution < -0.4 is 10.0 Å². The Balaban J connectivity index is 2.77. The average molecular weight is 333 g/mol. The molecular weight excluding hydrogens is 304 g/mol. The molecule has 0 aliphatic carbocycles. The molecule has 122 valence electrons. The van der Waals surface area contributed by atoms with Crippen LogP contribution >= 0.6 is 11.3 Å². The molecule has 21 heavy (non-hydrogen) atoms. The highest BCUT2D eigenvalue weighted by atomic mass is 32.2. The molecule has 0 spiro atoms. The second kappa shape index (κ2) is 8.27. The third-order valence-electron chi connectivity index (χ3n) is 3.16. The largest absolute Gasteiger partial charge is 0.312 e. The van der Waals surface area contributed by atoms with E-state index in [4.69, 9.17) is 0 Å². The molecule has 1 unspecified atom stereocenters. The van der Waals surface area contributed by atoms with Crippen LogP contribution in [0.15, 0.2) is 10.3 Å². The van der Waals surface area contributed by atoms with E-state index in [1.807, 2.05) is 13.8 Å². The Morgan fingerprint density at radius 3 is 2.52 bits per heavy atom. The third kappa shape index (κ3) is 6.06. The number of nitrogens with one attached hydrogen (secondary N) is 2. The molecule has 1 aromatic rings. The van der Waals surface area contributed by atoms with Crippen LogP contribution in [0.2, 0.25) is 0 Å². The average Bonchev–Trinajstić information content (AvgIpc) is 2.70. The van der Waals surface area contributed by atoms with Crippen LogP contribution in [0.3, 0.4) is 0 Å². The predicted octanol–water partition coefficient (Wildman–Crippen LogP) is 3.27. The van der Waals surface area contributed by atoms with Crippen molar-refractivity contribution < 1.29 is 8.42 Å². The van der Waals surface area contributed by atoms with E-state index in [0.29, 0.717) is 10.1 Å². The lowest BCUT2D eigenvalue weighted by molar-refractivity contribution is 0.483. The van der Waals surface area contributed by atoms with Crippen LogP contribution in [0.25, 0.3) is 0 Å². The first-order valence-electron chi connectivity index (χ1n) is 7.58. The Morgan fingerprint density at radius 2 is 1.95 bits per heavy atom. The first-order valence-corrected chi connectivity index (χ1v) is 9.88. The minimum Gasteiger partial charge on any atom is -0.312 e. The SMILES string of the molecule is CCCNCc1sc(S(=O)(=O)NC(C)CC(C)C)cc1C. The zero-order valence-electron chi connectivity index (χ0n) is 13.7. The van der Waals surface area contributed by atoms with Crippen molar-refractivity contribution in [3.8, 4) is 0 Å². The second-order valence-electron chi connectivity index (χ2n) is 6.00. The van der Waals surface area contributed by atoms with E-state index >= 15 is 0 Å². The molecule has 4 nitrogen and oxygen atoms in total. The van der Waals surface area contributed by atoms with Crippen molar-refractivity contribution in [1.29, 1.82) is 0 Å². The van der Waals surface area contributed by atoms with Gasteiger partial charge in [0.25, 0.3) is 0 Å². The quantitative estimate of drug-likeness (QED) is 0.682. The van der Waals surface area contributed by atoms with E-state index in [2.05, 4.69) is 30.8 Å². The molecule has 1 aromatic heterocycles. The van der Waals surface area contributed by atoms with Gasteiger partial charge in [0.15, 0.2) is 0 Å². The number of rotatable bonds is 9. The van der Waals surface area contributed by atoms with Crippen molar-refractivity contribution in [1.82, 2.24) is 10.0 Å². The Hall–Kier alpha value is -0.430. The summed E-state index contributed by atoms with van der Waals surface area (Å²) in [7, 11) is -3.40. The fraction of sp³-hybridized carbons (Fsp3) is 0.733. The molecule has 0 amide bonds. The lowest BCUT2D eigenvalue weighted by Gasteiger charge is -2.15. The normalized spacial score (nSPS) is 13.8. The molecule has 0 aliphatic rings. The van der Waals surface area contributed by atoms with Crippen LogP contribution in [0, 0.1) is 12.8 Å². The minimum atomic E-state index is -3.40. The van der Waals surface area contributed by atoms with Gasteiger partial charge >= 0.3 is 0 Å². The summed E-state index contributed by atoms with van der Waals surface area (Å²) < 4.78 is 28.0. The summed E-state index contributed by atoms with van der Waals surface area (Å²) in [4.78, 5) is 1.10. The lowest BCUT2D eigenvalue weighted by atomic mass is 10.1. The van der Waals surface area contributed by atoms with Crippen molar-refractivity contribution in [2.45, 2.75) is 64.3 Å². The number of aryl methyl sites for hydroxylation is 1. The maximum absolute atomic E-state index is 12.4. The standard InChI is InChI=1S/C15H28N2O2S2/c1-6-7-16-10-14-12(4)9-15(20-14)21(18,19)17-13(5)8-11(2)3/h9,11,13,16-17H,6-8,10H2,1-5H3. The van der Waals surface area contributed by atoms with Crippen molar-refractivity contribution in [3.63, 3.8) is 0 Å². The zero-order chi connectivity index (χ0) is 16.0. The first-order chi connectivity index (χ1) is 9.76. The summed E-state index contributed by atoms with van der Waals surface area (Å²) in [5.74, 6) is 0.474. The third-order valence-corrected chi connectivity index (χ3v) is 6.46. The summed E-state index contributed by atoms with van der Waals surface area (Å²) in [5.41, 5.74) is 1.04. The Labute approximate surface area is 133 Å². The second-order valence-corrected chi connectivity index (χ2v) is 9.08. The molecule has 0 saturated carbocycles. The van der Waals surface area contributed by atoms with Crippen molar-refractivity contribution in [2.24, 2.45) is 5.92 Å². The van der Waals surface area contributed by atoms with E-state index in [-0.39, 0.29) is 6.04 Å². The molecule has 0 bridgehead atoms. The van der Waals surface area contributed by atoms with E-state index in [1.165, 1.54) is 11.3 Å². The molecule has 1 atom stereocenters. The molecule has 0 radical (unpaired) electrons. The number of hydrogen-bond donors (Lipinski definition) is 2. The highest BCUT2D eigenvalue weighted by Gasteiger charge is 2.21. The van der Waals surface area contributed by atoms with Crippen LogP contribution in [0.1, 0.15) is 51.0 Å². The van der Waals surface area contributed by atoms with Gasteiger partial charge in [0, 0.05) is 17.5 Å². The van der Waals surface area contributed by atoms with Gasteiger partial charge in [-0.3, -0.25) is 0 Å². The fourth-order valence-electron chi connectivity index (χ4n) is 2.25. The molecule has 0 saturated heterocycles. The van der Waals surface area contributed by atoms with Gasteiger partial charge in [0.2, 0.25) is 10.0 Å². The summed E-state index contributed by atoms with van der Waals surface area (Å²) in [6.45, 7) is 11.9. The summed E-state index contributed by atoms with van der Waals surface area (Å²) in [6, 6.07) is 1.73. The highest BCUT2D eigenvalue weighted by Crippen LogP contribution is 2.26. The van der Waals surface area contributed by atoms with Crippen molar-refractivity contribution in [3.05, 3.63) is 16.5 Å².